The number of carbonyl (C=O) groups is 2. The van der Waals surface area contributed by atoms with Crippen LogP contribution < -0.4 is 5.32 Å². The van der Waals surface area contributed by atoms with Crippen LogP contribution in [0.3, 0.4) is 0 Å². The maximum Gasteiger partial charge on any atom is 0.341 e. The predicted molar refractivity (Wildman–Crippen MR) is 78.7 cm³/mol. The Bertz CT molecular complexity index is 647. The van der Waals surface area contributed by atoms with Gasteiger partial charge in [-0.15, -0.1) is 16.4 Å². The quantitative estimate of drug-likeness (QED) is 0.827. The van der Waals surface area contributed by atoms with E-state index in [2.05, 4.69) is 20.5 Å². The lowest BCUT2D eigenvalue weighted by Crippen LogP contribution is -2.15. The summed E-state index contributed by atoms with van der Waals surface area (Å²) in [5, 5.41) is 11.3. The van der Waals surface area contributed by atoms with Gasteiger partial charge in [0.25, 0.3) is 5.91 Å². The van der Waals surface area contributed by atoms with Crippen molar-refractivity contribution in [1.29, 1.82) is 0 Å². The smallest absolute Gasteiger partial charge is 0.341 e. The fraction of sp³-hybridized carbons (Fsp3) is 0.385. The van der Waals surface area contributed by atoms with Crippen molar-refractivity contribution in [1.82, 2.24) is 15.2 Å². The zero-order valence-corrected chi connectivity index (χ0v) is 12.8. The molecular weight excluding hydrogens is 292 g/mol. The molecule has 0 atom stereocenters. The number of nitrogens with zero attached hydrogens (tertiary/aromatic N) is 2. The molecule has 0 saturated heterocycles. The zero-order chi connectivity index (χ0) is 15.4. The zero-order valence-electron chi connectivity index (χ0n) is 12.0. The summed E-state index contributed by atoms with van der Waals surface area (Å²) < 4.78 is 4.93. The van der Waals surface area contributed by atoms with Crippen LogP contribution in [0.2, 0.25) is 0 Å². The number of anilines is 1. The first-order valence-electron chi connectivity index (χ1n) is 6.51. The Morgan fingerprint density at radius 2 is 2.24 bits per heavy atom. The molecule has 0 spiro atoms. The van der Waals surface area contributed by atoms with E-state index in [-0.39, 0.29) is 18.3 Å². The number of ether oxygens (including phenoxy) is 1. The SMILES string of the molecule is CCOC(=O)c1ccsc1NC(=O)c1n[nH]c(C(C)C)n1. The maximum absolute atomic E-state index is 12.1. The lowest BCUT2D eigenvalue weighted by atomic mass is 10.2. The number of thiophene rings is 1. The number of hydrogen-bond donors (Lipinski definition) is 2. The van der Waals surface area contributed by atoms with Gasteiger partial charge < -0.3 is 10.1 Å². The van der Waals surface area contributed by atoms with Crippen LogP contribution in [0.5, 0.6) is 0 Å². The molecule has 2 rings (SSSR count). The Balaban J connectivity index is 2.12. The van der Waals surface area contributed by atoms with Crippen molar-refractivity contribution in [3.8, 4) is 0 Å². The molecule has 0 aliphatic heterocycles. The van der Waals surface area contributed by atoms with E-state index in [0.29, 0.717) is 16.4 Å². The van der Waals surface area contributed by atoms with Gasteiger partial charge in [0, 0.05) is 5.92 Å². The molecule has 2 aromatic rings. The minimum atomic E-state index is -0.467. The van der Waals surface area contributed by atoms with E-state index in [4.69, 9.17) is 4.74 Å². The monoisotopic (exact) mass is 308 g/mol. The Hall–Kier alpha value is -2.22. The molecule has 0 aromatic carbocycles. The van der Waals surface area contributed by atoms with Crippen LogP contribution in [0.1, 0.15) is 53.5 Å². The second-order valence-corrected chi connectivity index (χ2v) is 5.45. The van der Waals surface area contributed by atoms with E-state index in [1.165, 1.54) is 11.3 Å². The van der Waals surface area contributed by atoms with E-state index in [9.17, 15) is 9.59 Å². The van der Waals surface area contributed by atoms with Gasteiger partial charge in [-0.2, -0.15) is 0 Å². The molecule has 0 bridgehead atoms. The molecule has 2 heterocycles. The van der Waals surface area contributed by atoms with Crippen LogP contribution in [0.4, 0.5) is 5.00 Å². The number of rotatable bonds is 5. The molecule has 0 aliphatic rings. The number of hydrogen-bond acceptors (Lipinski definition) is 6. The molecule has 21 heavy (non-hydrogen) atoms. The summed E-state index contributed by atoms with van der Waals surface area (Å²) in [6, 6.07) is 1.61. The summed E-state index contributed by atoms with van der Waals surface area (Å²) >= 11 is 1.24. The van der Waals surface area contributed by atoms with Crippen molar-refractivity contribution in [3.63, 3.8) is 0 Å². The molecule has 0 fully saturated rings. The number of H-pyrrole nitrogens is 1. The number of aromatic amines is 1. The highest BCUT2D eigenvalue weighted by molar-refractivity contribution is 7.14. The van der Waals surface area contributed by atoms with E-state index >= 15 is 0 Å². The highest BCUT2D eigenvalue weighted by Crippen LogP contribution is 2.24. The van der Waals surface area contributed by atoms with Crippen LogP contribution >= 0.6 is 11.3 Å². The summed E-state index contributed by atoms with van der Waals surface area (Å²) in [6.07, 6.45) is 0. The van der Waals surface area contributed by atoms with Gasteiger partial charge >= 0.3 is 5.97 Å². The standard InChI is InChI=1S/C13H16N4O3S/c1-4-20-13(19)8-5-6-21-12(8)15-11(18)10-14-9(7(2)3)16-17-10/h5-7H,4H2,1-3H3,(H,15,18)(H,14,16,17). The number of aromatic nitrogens is 3. The normalized spacial score (nSPS) is 10.7. The average molecular weight is 308 g/mol. The Morgan fingerprint density at radius 1 is 1.48 bits per heavy atom. The molecule has 1 amide bonds. The van der Waals surface area contributed by atoms with Crippen molar-refractivity contribution in [3.05, 3.63) is 28.7 Å². The average Bonchev–Trinajstić information content (AvgIpc) is 3.07. The highest BCUT2D eigenvalue weighted by atomic mass is 32.1. The van der Waals surface area contributed by atoms with Gasteiger partial charge in [-0.05, 0) is 18.4 Å². The number of amides is 1. The first kappa shape index (κ1) is 15.2. The molecule has 2 N–H and O–H groups in total. The summed E-state index contributed by atoms with van der Waals surface area (Å²) in [6.45, 7) is 5.89. The highest BCUT2D eigenvalue weighted by Gasteiger charge is 2.19. The van der Waals surface area contributed by atoms with Crippen molar-refractivity contribution >= 4 is 28.2 Å². The number of carbonyl (C=O) groups excluding carboxylic acids is 2. The Labute approximate surface area is 125 Å². The van der Waals surface area contributed by atoms with Gasteiger partial charge in [0.1, 0.15) is 10.8 Å². The lowest BCUT2D eigenvalue weighted by Gasteiger charge is -2.04. The third-order valence-electron chi connectivity index (χ3n) is 2.64. The summed E-state index contributed by atoms with van der Waals surface area (Å²) in [5.74, 6) is -0.104. The Morgan fingerprint density at radius 3 is 2.86 bits per heavy atom. The van der Waals surface area contributed by atoms with E-state index in [1.54, 1.807) is 18.4 Å². The fourth-order valence-corrected chi connectivity index (χ4v) is 2.34. The van der Waals surface area contributed by atoms with Crippen LogP contribution in [0.15, 0.2) is 11.4 Å². The van der Waals surface area contributed by atoms with Gasteiger partial charge in [-0.1, -0.05) is 13.8 Å². The predicted octanol–water partition coefficient (Wildman–Crippen LogP) is 2.42. The largest absolute Gasteiger partial charge is 0.462 e. The topological polar surface area (TPSA) is 97.0 Å². The first-order chi connectivity index (χ1) is 10.0. The summed E-state index contributed by atoms with van der Waals surface area (Å²) in [5.41, 5.74) is 0.329. The van der Waals surface area contributed by atoms with Crippen molar-refractivity contribution < 1.29 is 14.3 Å². The summed E-state index contributed by atoms with van der Waals surface area (Å²) in [4.78, 5) is 27.9. The molecule has 0 radical (unpaired) electrons. The van der Waals surface area contributed by atoms with E-state index in [1.807, 2.05) is 13.8 Å². The van der Waals surface area contributed by atoms with Gasteiger partial charge in [-0.3, -0.25) is 9.89 Å². The second-order valence-electron chi connectivity index (χ2n) is 4.54. The van der Waals surface area contributed by atoms with Gasteiger partial charge in [0.05, 0.1) is 12.2 Å². The van der Waals surface area contributed by atoms with Crippen LogP contribution in [-0.2, 0) is 4.74 Å². The maximum atomic E-state index is 12.1. The van der Waals surface area contributed by atoms with Crippen molar-refractivity contribution in [2.24, 2.45) is 0 Å². The van der Waals surface area contributed by atoms with Gasteiger partial charge in [0.2, 0.25) is 5.82 Å². The second kappa shape index (κ2) is 6.49. The minimum absolute atomic E-state index is 0.0434. The first-order valence-corrected chi connectivity index (χ1v) is 7.39. The van der Waals surface area contributed by atoms with Crippen LogP contribution in [-0.4, -0.2) is 33.7 Å². The van der Waals surface area contributed by atoms with Gasteiger partial charge in [-0.25, -0.2) is 9.78 Å². The molecule has 2 aromatic heterocycles. The van der Waals surface area contributed by atoms with Gasteiger partial charge in [0.15, 0.2) is 0 Å². The van der Waals surface area contributed by atoms with Crippen LogP contribution in [0.25, 0.3) is 0 Å². The molecule has 112 valence electrons. The number of esters is 1. The van der Waals surface area contributed by atoms with Crippen LogP contribution in [0, 0.1) is 0 Å². The lowest BCUT2D eigenvalue weighted by molar-refractivity contribution is 0.0528. The van der Waals surface area contributed by atoms with E-state index < -0.39 is 11.9 Å². The molecule has 8 heteroatoms. The third kappa shape index (κ3) is 3.46. The molecule has 0 saturated carbocycles. The Kier molecular flexibility index (Phi) is 4.69. The molecule has 7 nitrogen and oxygen atoms in total. The van der Waals surface area contributed by atoms with Crippen molar-refractivity contribution in [2.45, 2.75) is 26.7 Å². The number of nitrogens with one attached hydrogen (secondary N) is 2. The molecule has 0 unspecified atom stereocenters. The van der Waals surface area contributed by atoms with E-state index in [0.717, 1.165) is 0 Å². The third-order valence-corrected chi connectivity index (χ3v) is 3.47. The fourth-order valence-electron chi connectivity index (χ4n) is 1.57. The van der Waals surface area contributed by atoms with Crippen molar-refractivity contribution in [2.75, 3.05) is 11.9 Å². The molecular formula is C13H16N4O3S. The summed E-state index contributed by atoms with van der Waals surface area (Å²) in [7, 11) is 0. The minimum Gasteiger partial charge on any atom is -0.462 e. The molecule has 0 aliphatic carbocycles.